The van der Waals surface area contributed by atoms with Crippen LogP contribution in [0, 0.1) is 0 Å². The maximum Gasteiger partial charge on any atom is 0.280 e. The van der Waals surface area contributed by atoms with Gasteiger partial charge in [0.1, 0.15) is 5.69 Å². The molecule has 0 aliphatic carbocycles. The fourth-order valence-corrected chi connectivity index (χ4v) is 1.97. The first kappa shape index (κ1) is 15.5. The van der Waals surface area contributed by atoms with E-state index in [0.29, 0.717) is 24.0 Å². The molecule has 1 heterocycles. The minimum atomic E-state index is -0.387. The van der Waals surface area contributed by atoms with E-state index in [4.69, 9.17) is 20.9 Å². The zero-order valence-electron chi connectivity index (χ0n) is 12.7. The summed E-state index contributed by atoms with van der Waals surface area (Å²) in [6.45, 7) is 0.435. The van der Waals surface area contributed by atoms with Crippen LogP contribution >= 0.6 is 0 Å². The van der Waals surface area contributed by atoms with Gasteiger partial charge >= 0.3 is 0 Å². The number of hydrogen-bond donors (Lipinski definition) is 3. The Balaban J connectivity index is 2.22. The van der Waals surface area contributed by atoms with Crippen LogP contribution in [0.4, 0.5) is 17.5 Å². The van der Waals surface area contributed by atoms with E-state index >= 15 is 0 Å². The standard InChI is InChI=1S/C14H19N5O3/c1-19-13(20)11(15)12(16)18-14(19)17-7-8-4-5-9(21-2)10(6-8)22-3/h4-6H,7,15-16H2,1-3H3,(H,17,18). The van der Waals surface area contributed by atoms with Crippen LogP contribution in [0.1, 0.15) is 5.56 Å². The van der Waals surface area contributed by atoms with Crippen molar-refractivity contribution in [1.29, 1.82) is 0 Å². The lowest BCUT2D eigenvalue weighted by atomic mass is 10.2. The molecule has 0 bridgehead atoms. The van der Waals surface area contributed by atoms with Crippen LogP contribution in [0.5, 0.6) is 11.5 Å². The molecule has 0 saturated carbocycles. The van der Waals surface area contributed by atoms with E-state index in [1.165, 1.54) is 4.57 Å². The van der Waals surface area contributed by atoms with Crippen LogP contribution in [0.3, 0.4) is 0 Å². The highest BCUT2D eigenvalue weighted by atomic mass is 16.5. The molecule has 8 nitrogen and oxygen atoms in total. The second-order valence-corrected chi connectivity index (χ2v) is 4.64. The SMILES string of the molecule is COc1ccc(CNc2nc(N)c(N)c(=O)n2C)cc1OC. The summed E-state index contributed by atoms with van der Waals surface area (Å²) >= 11 is 0. The molecule has 0 saturated heterocycles. The van der Waals surface area contributed by atoms with Gasteiger partial charge in [0.15, 0.2) is 17.3 Å². The molecule has 2 aromatic rings. The molecule has 0 fully saturated rings. The molecule has 118 valence electrons. The van der Waals surface area contributed by atoms with Crippen molar-refractivity contribution >= 4 is 17.5 Å². The minimum Gasteiger partial charge on any atom is -0.493 e. The maximum absolute atomic E-state index is 11.8. The predicted octanol–water partition coefficient (Wildman–Crippen LogP) is 0.574. The van der Waals surface area contributed by atoms with Gasteiger partial charge in [-0.05, 0) is 17.7 Å². The summed E-state index contributed by atoms with van der Waals surface area (Å²) in [4.78, 5) is 15.9. The largest absolute Gasteiger partial charge is 0.493 e. The topological polar surface area (TPSA) is 117 Å². The molecule has 22 heavy (non-hydrogen) atoms. The summed E-state index contributed by atoms with van der Waals surface area (Å²) in [6, 6.07) is 5.53. The first-order valence-electron chi connectivity index (χ1n) is 6.54. The van der Waals surface area contributed by atoms with E-state index in [0.717, 1.165) is 5.56 Å². The van der Waals surface area contributed by atoms with Crippen molar-refractivity contribution in [2.75, 3.05) is 31.0 Å². The summed E-state index contributed by atoms with van der Waals surface area (Å²) in [5.41, 5.74) is 11.7. The van der Waals surface area contributed by atoms with Crippen LogP contribution in [-0.2, 0) is 13.6 Å². The van der Waals surface area contributed by atoms with Crippen molar-refractivity contribution in [2.45, 2.75) is 6.54 Å². The predicted molar refractivity (Wildman–Crippen MR) is 85.2 cm³/mol. The van der Waals surface area contributed by atoms with E-state index in [1.54, 1.807) is 27.3 Å². The van der Waals surface area contributed by atoms with E-state index in [1.807, 2.05) is 12.1 Å². The number of nitrogens with two attached hydrogens (primary N) is 2. The Morgan fingerprint density at radius 3 is 2.55 bits per heavy atom. The molecule has 2 rings (SSSR count). The van der Waals surface area contributed by atoms with Crippen molar-refractivity contribution in [2.24, 2.45) is 7.05 Å². The second kappa shape index (κ2) is 6.25. The molecule has 0 radical (unpaired) electrons. The number of nitrogens with one attached hydrogen (secondary N) is 1. The highest BCUT2D eigenvalue weighted by molar-refractivity contribution is 5.59. The molecule has 0 unspecified atom stereocenters. The number of aromatic nitrogens is 2. The Morgan fingerprint density at radius 2 is 1.91 bits per heavy atom. The zero-order chi connectivity index (χ0) is 16.3. The lowest BCUT2D eigenvalue weighted by molar-refractivity contribution is 0.354. The van der Waals surface area contributed by atoms with Gasteiger partial charge in [0.25, 0.3) is 5.56 Å². The van der Waals surface area contributed by atoms with Crippen LogP contribution in [-0.4, -0.2) is 23.8 Å². The van der Waals surface area contributed by atoms with Crippen molar-refractivity contribution in [3.05, 3.63) is 34.1 Å². The molecule has 1 aromatic heterocycles. The Kier molecular flexibility index (Phi) is 4.40. The normalized spacial score (nSPS) is 10.3. The molecule has 0 atom stereocenters. The molecule has 0 spiro atoms. The molecular weight excluding hydrogens is 286 g/mol. The summed E-state index contributed by atoms with van der Waals surface area (Å²) in [6.07, 6.45) is 0. The zero-order valence-corrected chi connectivity index (χ0v) is 12.7. The van der Waals surface area contributed by atoms with Gasteiger partial charge in [-0.2, -0.15) is 4.98 Å². The molecule has 0 aliphatic heterocycles. The number of rotatable bonds is 5. The van der Waals surface area contributed by atoms with Crippen LogP contribution in [0.25, 0.3) is 0 Å². The summed E-state index contributed by atoms with van der Waals surface area (Å²) in [7, 11) is 4.72. The third-order valence-electron chi connectivity index (χ3n) is 3.25. The van der Waals surface area contributed by atoms with E-state index < -0.39 is 0 Å². The number of anilines is 3. The fourth-order valence-electron chi connectivity index (χ4n) is 1.97. The number of nitrogen functional groups attached to an aromatic ring is 2. The summed E-state index contributed by atoms with van der Waals surface area (Å²) in [5.74, 6) is 1.62. The van der Waals surface area contributed by atoms with Gasteiger partial charge in [0, 0.05) is 13.6 Å². The second-order valence-electron chi connectivity index (χ2n) is 4.64. The van der Waals surface area contributed by atoms with E-state index in [2.05, 4.69) is 10.3 Å². The summed E-state index contributed by atoms with van der Waals surface area (Å²) < 4.78 is 11.7. The van der Waals surface area contributed by atoms with Gasteiger partial charge in [-0.25, -0.2) is 0 Å². The van der Waals surface area contributed by atoms with Gasteiger partial charge in [-0.15, -0.1) is 0 Å². The number of ether oxygens (including phenoxy) is 2. The highest BCUT2D eigenvalue weighted by Crippen LogP contribution is 2.27. The Bertz CT molecular complexity index is 742. The number of benzene rings is 1. The quantitative estimate of drug-likeness (QED) is 0.739. The third-order valence-corrected chi connectivity index (χ3v) is 3.25. The minimum absolute atomic E-state index is 0.0120. The fraction of sp³-hybridized carbons (Fsp3) is 0.286. The number of nitrogens with zero attached hydrogens (tertiary/aromatic N) is 2. The van der Waals surface area contributed by atoms with Gasteiger partial charge in [-0.1, -0.05) is 6.07 Å². The van der Waals surface area contributed by atoms with Crippen molar-refractivity contribution < 1.29 is 9.47 Å². The maximum atomic E-state index is 11.8. The molecule has 0 aliphatic rings. The highest BCUT2D eigenvalue weighted by Gasteiger charge is 2.10. The van der Waals surface area contributed by atoms with Gasteiger partial charge < -0.3 is 26.3 Å². The van der Waals surface area contributed by atoms with Gasteiger partial charge in [0.2, 0.25) is 5.95 Å². The number of methoxy groups -OCH3 is 2. The molecular formula is C14H19N5O3. The molecule has 5 N–H and O–H groups in total. The Labute approximate surface area is 127 Å². The average Bonchev–Trinajstić information content (AvgIpc) is 2.54. The van der Waals surface area contributed by atoms with Gasteiger partial charge in [-0.3, -0.25) is 9.36 Å². The van der Waals surface area contributed by atoms with Crippen LogP contribution < -0.4 is 31.8 Å². The van der Waals surface area contributed by atoms with Gasteiger partial charge in [0.05, 0.1) is 14.2 Å². The molecule has 0 amide bonds. The molecule has 1 aromatic carbocycles. The lowest BCUT2D eigenvalue weighted by Crippen LogP contribution is -2.26. The average molecular weight is 305 g/mol. The smallest absolute Gasteiger partial charge is 0.280 e. The lowest BCUT2D eigenvalue weighted by Gasteiger charge is -2.13. The Hall–Kier alpha value is -2.90. The first-order valence-corrected chi connectivity index (χ1v) is 6.54. The monoisotopic (exact) mass is 305 g/mol. The van der Waals surface area contributed by atoms with Crippen molar-refractivity contribution in [3.8, 4) is 11.5 Å². The van der Waals surface area contributed by atoms with E-state index in [9.17, 15) is 4.79 Å². The van der Waals surface area contributed by atoms with Crippen LogP contribution in [0.15, 0.2) is 23.0 Å². The van der Waals surface area contributed by atoms with Crippen molar-refractivity contribution in [3.63, 3.8) is 0 Å². The van der Waals surface area contributed by atoms with Crippen molar-refractivity contribution in [1.82, 2.24) is 9.55 Å². The first-order chi connectivity index (χ1) is 10.5. The Morgan fingerprint density at radius 1 is 1.23 bits per heavy atom. The molecule has 8 heteroatoms. The summed E-state index contributed by atoms with van der Waals surface area (Å²) in [5, 5.41) is 3.05. The van der Waals surface area contributed by atoms with Crippen LogP contribution in [0.2, 0.25) is 0 Å². The van der Waals surface area contributed by atoms with E-state index in [-0.39, 0.29) is 17.1 Å². The third kappa shape index (κ3) is 2.90. The number of hydrogen-bond acceptors (Lipinski definition) is 7.